The number of carbonyl (C=O) groups is 2. The summed E-state index contributed by atoms with van der Waals surface area (Å²) in [5.41, 5.74) is 7.71. The molecule has 0 saturated heterocycles. The highest BCUT2D eigenvalue weighted by Gasteiger charge is 2.42. The van der Waals surface area contributed by atoms with Crippen LogP contribution in [0.25, 0.3) is 0 Å². The van der Waals surface area contributed by atoms with Crippen molar-refractivity contribution in [1.82, 2.24) is 10.6 Å². The van der Waals surface area contributed by atoms with Crippen LogP contribution in [0.4, 0.5) is 11.4 Å². The maximum atomic E-state index is 12.1. The molecule has 0 unspecified atom stereocenters. The van der Waals surface area contributed by atoms with Crippen molar-refractivity contribution in [3.8, 4) is 0 Å². The first-order valence-corrected chi connectivity index (χ1v) is 15.2. The topological polar surface area (TPSA) is 64.5 Å². The highest BCUT2D eigenvalue weighted by Crippen LogP contribution is 2.47. The normalized spacial score (nSPS) is 17.8. The number of nitrogens with one attached hydrogen (secondary N) is 2. The number of benzene rings is 2. The van der Waals surface area contributed by atoms with Gasteiger partial charge < -0.3 is 15.5 Å². The number of hydrogen-bond donors (Lipinski definition) is 2. The summed E-state index contributed by atoms with van der Waals surface area (Å²) < 4.78 is 2.30. The lowest BCUT2D eigenvalue weighted by Crippen LogP contribution is -2.33. The Bertz CT molecular complexity index is 1430. The van der Waals surface area contributed by atoms with Crippen LogP contribution in [-0.4, -0.2) is 48.8 Å². The Kier molecular flexibility index (Phi) is 9.87. The van der Waals surface area contributed by atoms with Gasteiger partial charge in [-0.2, -0.15) is 4.58 Å². The molecule has 0 aromatic heterocycles. The van der Waals surface area contributed by atoms with Gasteiger partial charge in [-0.15, -0.1) is 0 Å². The fourth-order valence-corrected chi connectivity index (χ4v) is 6.30. The van der Waals surface area contributed by atoms with E-state index in [4.69, 9.17) is 0 Å². The minimum absolute atomic E-state index is 0.0343. The molecule has 6 heteroatoms. The second-order valence-electron chi connectivity index (χ2n) is 12.3. The van der Waals surface area contributed by atoms with E-state index in [-0.39, 0.29) is 22.6 Å². The Balaban J connectivity index is 1.38. The molecule has 222 valence electrons. The summed E-state index contributed by atoms with van der Waals surface area (Å²) in [6, 6.07) is 17.3. The van der Waals surface area contributed by atoms with Crippen molar-refractivity contribution < 1.29 is 14.2 Å². The van der Waals surface area contributed by atoms with Gasteiger partial charge in [0.2, 0.25) is 17.5 Å². The van der Waals surface area contributed by atoms with Crippen molar-refractivity contribution >= 4 is 28.9 Å². The number of hydrogen-bond acceptors (Lipinski definition) is 3. The monoisotopic (exact) mass is 567 g/mol. The summed E-state index contributed by atoms with van der Waals surface area (Å²) in [6.45, 7) is 12.5. The average molecular weight is 568 g/mol. The van der Waals surface area contributed by atoms with E-state index in [9.17, 15) is 9.59 Å². The lowest BCUT2D eigenvalue weighted by atomic mass is 9.81. The first-order chi connectivity index (χ1) is 20.0. The number of unbranched alkanes of at least 4 members (excludes halogenated alkanes) is 2. The van der Waals surface area contributed by atoms with E-state index in [0.29, 0.717) is 19.5 Å². The molecular weight excluding hydrogens is 520 g/mol. The van der Waals surface area contributed by atoms with Gasteiger partial charge in [-0.3, -0.25) is 9.59 Å². The summed E-state index contributed by atoms with van der Waals surface area (Å²) in [6.07, 6.45) is 14.3. The van der Waals surface area contributed by atoms with Crippen molar-refractivity contribution in [1.29, 1.82) is 0 Å². The summed E-state index contributed by atoms with van der Waals surface area (Å²) in [7, 11) is 2.15. The lowest BCUT2D eigenvalue weighted by molar-refractivity contribution is -0.401. The number of rotatable bonds is 12. The van der Waals surface area contributed by atoms with Crippen LogP contribution in [0.15, 0.2) is 84.6 Å². The van der Waals surface area contributed by atoms with E-state index in [1.165, 1.54) is 40.8 Å². The van der Waals surface area contributed by atoms with E-state index >= 15 is 0 Å². The summed E-state index contributed by atoms with van der Waals surface area (Å²) in [5, 5.41) is 5.57. The van der Waals surface area contributed by atoms with Crippen LogP contribution in [0.2, 0.25) is 0 Å². The average Bonchev–Trinajstić information content (AvgIpc) is 3.29. The number of fused-ring (bicyclic) bond motifs is 2. The van der Waals surface area contributed by atoms with Crippen LogP contribution in [-0.2, 0) is 20.4 Å². The molecule has 2 aromatic carbocycles. The molecule has 0 atom stereocenters. The predicted octanol–water partition coefficient (Wildman–Crippen LogP) is 6.30. The molecule has 0 bridgehead atoms. The first-order valence-electron chi connectivity index (χ1n) is 15.2. The molecule has 2 aliphatic rings. The van der Waals surface area contributed by atoms with Crippen LogP contribution >= 0.6 is 0 Å². The molecule has 2 amide bonds. The van der Waals surface area contributed by atoms with Crippen LogP contribution in [0.1, 0.15) is 71.4 Å². The number of para-hydroxylation sites is 2. The zero-order chi connectivity index (χ0) is 30.3. The van der Waals surface area contributed by atoms with Crippen molar-refractivity contribution in [3.05, 3.63) is 95.7 Å². The third-order valence-corrected chi connectivity index (χ3v) is 8.58. The van der Waals surface area contributed by atoms with Gasteiger partial charge in [0.05, 0.1) is 5.41 Å². The largest absolute Gasteiger partial charge is 0.355 e. The third kappa shape index (κ3) is 6.75. The second-order valence-corrected chi connectivity index (χ2v) is 12.3. The smallest absolute Gasteiger partial charge is 0.220 e. The molecule has 42 heavy (non-hydrogen) atoms. The van der Waals surface area contributed by atoms with Gasteiger partial charge in [-0.1, -0.05) is 74.9 Å². The van der Waals surface area contributed by atoms with Crippen molar-refractivity contribution in [2.24, 2.45) is 0 Å². The zero-order valence-corrected chi connectivity index (χ0v) is 26.2. The van der Waals surface area contributed by atoms with Crippen LogP contribution in [0.5, 0.6) is 0 Å². The van der Waals surface area contributed by atoms with E-state index in [1.807, 2.05) is 0 Å². The number of nitrogens with zero attached hydrogens (tertiary/aromatic N) is 2. The standard InChI is InChI=1S/C36H46N4O2/c1-27(41)37-24-25-38-34(42)23-11-8-16-26-40-31-20-15-13-18-29(31)36(4,5)33(40)22-10-7-9-21-32-35(2,3)28-17-12-14-19-30(28)39(32)6/h7,9-10,12-15,17-22H,8,11,16,23-26H2,1-6H3,(H-,37,38,41,42)/p+1. The van der Waals surface area contributed by atoms with Crippen molar-refractivity contribution in [2.45, 2.75) is 71.1 Å². The van der Waals surface area contributed by atoms with E-state index in [0.717, 1.165) is 25.8 Å². The minimum atomic E-state index is -0.0947. The molecule has 0 radical (unpaired) electrons. The van der Waals surface area contributed by atoms with Gasteiger partial charge in [0, 0.05) is 67.5 Å². The third-order valence-electron chi connectivity index (χ3n) is 8.58. The number of amides is 2. The molecule has 0 spiro atoms. The molecule has 2 aromatic rings. The van der Waals surface area contributed by atoms with Gasteiger partial charge in [0.15, 0.2) is 5.71 Å². The van der Waals surface area contributed by atoms with E-state index in [1.54, 1.807) is 0 Å². The molecule has 2 heterocycles. The van der Waals surface area contributed by atoms with Crippen molar-refractivity contribution in [2.75, 3.05) is 31.6 Å². The van der Waals surface area contributed by atoms with Gasteiger partial charge in [0.25, 0.3) is 0 Å². The fourth-order valence-electron chi connectivity index (χ4n) is 6.30. The second kappa shape index (κ2) is 13.4. The van der Waals surface area contributed by atoms with E-state index < -0.39 is 0 Å². The predicted molar refractivity (Wildman–Crippen MR) is 174 cm³/mol. The van der Waals surface area contributed by atoms with Gasteiger partial charge in [-0.05, 0) is 44.4 Å². The Hall–Kier alpha value is -3.93. The van der Waals surface area contributed by atoms with Crippen molar-refractivity contribution in [3.63, 3.8) is 0 Å². The van der Waals surface area contributed by atoms with Crippen LogP contribution < -0.4 is 15.5 Å². The molecule has 6 nitrogen and oxygen atoms in total. The van der Waals surface area contributed by atoms with Crippen LogP contribution in [0.3, 0.4) is 0 Å². The molecule has 2 aliphatic heterocycles. The lowest BCUT2D eigenvalue weighted by Gasteiger charge is -2.27. The molecule has 0 fully saturated rings. The van der Waals surface area contributed by atoms with Gasteiger partial charge in [0.1, 0.15) is 7.05 Å². The number of allylic oxidation sites excluding steroid dienone is 6. The highest BCUT2D eigenvalue weighted by molar-refractivity contribution is 6.03. The summed E-state index contributed by atoms with van der Waals surface area (Å²) in [4.78, 5) is 25.5. The van der Waals surface area contributed by atoms with Gasteiger partial charge in [-0.25, -0.2) is 0 Å². The molecule has 4 rings (SSSR count). The fraction of sp³-hybridized carbons (Fsp3) is 0.417. The zero-order valence-electron chi connectivity index (χ0n) is 26.2. The highest BCUT2D eigenvalue weighted by atomic mass is 16.2. The molecule has 0 aliphatic carbocycles. The van der Waals surface area contributed by atoms with Crippen LogP contribution in [0, 0.1) is 0 Å². The SMILES string of the molecule is CC(=O)NCCNC(=O)CCCCCN1\C(=C/C=C/C=C/C2=[N+](C)c3ccccc3C2(C)C)C(C)(C)c2ccccc21. The minimum Gasteiger partial charge on any atom is -0.355 e. The molecule has 2 N–H and O–H groups in total. The Morgan fingerprint density at radius 2 is 1.52 bits per heavy atom. The number of carbonyl (C=O) groups excluding carboxylic acids is 2. The van der Waals surface area contributed by atoms with Gasteiger partial charge >= 0.3 is 0 Å². The number of anilines is 1. The summed E-state index contributed by atoms with van der Waals surface area (Å²) in [5.74, 6) is -0.0383. The maximum Gasteiger partial charge on any atom is 0.220 e. The molecular formula is C36H47N4O2+. The van der Waals surface area contributed by atoms with E-state index in [2.05, 4.69) is 134 Å². The Labute approximate surface area is 251 Å². The Morgan fingerprint density at radius 1 is 0.833 bits per heavy atom. The Morgan fingerprint density at radius 3 is 2.26 bits per heavy atom. The quantitative estimate of drug-likeness (QED) is 0.180. The summed E-state index contributed by atoms with van der Waals surface area (Å²) >= 11 is 0. The molecule has 0 saturated carbocycles. The first kappa shape index (κ1) is 31.0. The maximum absolute atomic E-state index is 12.1.